The number of piperidine rings is 1. The predicted molar refractivity (Wildman–Crippen MR) is 72.2 cm³/mol. The maximum absolute atomic E-state index is 12.4. The Morgan fingerprint density at radius 2 is 2.32 bits per heavy atom. The minimum Gasteiger partial charge on any atom is -0.464 e. The monoisotopic (exact) mass is 282 g/mol. The second-order valence-electron chi connectivity index (χ2n) is 4.51. The number of aryl methyl sites for hydroxylation is 1. The summed E-state index contributed by atoms with van der Waals surface area (Å²) < 4.78 is 5.05. The third-order valence-corrected chi connectivity index (χ3v) is 3.93. The van der Waals surface area contributed by atoms with E-state index in [0.717, 1.165) is 17.8 Å². The van der Waals surface area contributed by atoms with Crippen LogP contribution in [0.4, 0.5) is 0 Å². The van der Waals surface area contributed by atoms with Gasteiger partial charge in [-0.1, -0.05) is 0 Å². The van der Waals surface area contributed by atoms with E-state index in [0.29, 0.717) is 25.3 Å². The fourth-order valence-electron chi connectivity index (χ4n) is 2.27. The highest BCUT2D eigenvalue weighted by atomic mass is 32.1. The van der Waals surface area contributed by atoms with E-state index >= 15 is 0 Å². The summed E-state index contributed by atoms with van der Waals surface area (Å²) >= 11 is 1.44. The van der Waals surface area contributed by atoms with Crippen molar-refractivity contribution in [1.82, 2.24) is 9.88 Å². The summed E-state index contributed by atoms with van der Waals surface area (Å²) in [5, 5.41) is 2.60. The van der Waals surface area contributed by atoms with Crippen molar-refractivity contribution in [2.75, 3.05) is 13.2 Å². The number of carbonyl (C=O) groups is 2. The summed E-state index contributed by atoms with van der Waals surface area (Å²) in [6.07, 6.45) is 2.54. The smallest absolute Gasteiger partial charge is 0.328 e. The quantitative estimate of drug-likeness (QED) is 0.796. The van der Waals surface area contributed by atoms with Crippen LogP contribution >= 0.6 is 11.3 Å². The molecule has 1 amide bonds. The van der Waals surface area contributed by atoms with Gasteiger partial charge in [-0.15, -0.1) is 11.3 Å². The summed E-state index contributed by atoms with van der Waals surface area (Å²) in [7, 11) is 0. The molecule has 104 valence electrons. The number of hydrogen-bond acceptors (Lipinski definition) is 5. The fourth-order valence-corrected chi connectivity index (χ4v) is 2.85. The molecule has 0 aromatic carbocycles. The lowest BCUT2D eigenvalue weighted by Gasteiger charge is -2.33. The van der Waals surface area contributed by atoms with Gasteiger partial charge in [-0.3, -0.25) is 4.79 Å². The Bertz CT molecular complexity index is 472. The Labute approximate surface area is 116 Å². The standard InChI is InChI=1S/C13H18N2O3S/c1-3-18-13(17)11-6-4-5-7-15(11)12(16)10-8-19-9(2)14-10/h8,11H,3-7H2,1-2H3. The molecule has 1 aliphatic rings. The fraction of sp³-hybridized carbons (Fsp3) is 0.615. The van der Waals surface area contributed by atoms with Crippen LogP contribution in [0.5, 0.6) is 0 Å². The molecule has 19 heavy (non-hydrogen) atoms. The van der Waals surface area contributed by atoms with Crippen LogP contribution in [-0.2, 0) is 9.53 Å². The highest BCUT2D eigenvalue weighted by molar-refractivity contribution is 7.09. The molecule has 6 heteroatoms. The number of esters is 1. The van der Waals surface area contributed by atoms with E-state index < -0.39 is 6.04 Å². The van der Waals surface area contributed by atoms with Gasteiger partial charge in [0.2, 0.25) is 0 Å². The Morgan fingerprint density at radius 3 is 2.95 bits per heavy atom. The van der Waals surface area contributed by atoms with E-state index in [9.17, 15) is 9.59 Å². The zero-order chi connectivity index (χ0) is 13.8. The molecule has 0 bridgehead atoms. The van der Waals surface area contributed by atoms with Crippen LogP contribution in [0.2, 0.25) is 0 Å². The molecular weight excluding hydrogens is 264 g/mol. The molecule has 2 heterocycles. The van der Waals surface area contributed by atoms with Crippen LogP contribution in [0.15, 0.2) is 5.38 Å². The molecule has 0 spiro atoms. The van der Waals surface area contributed by atoms with Gasteiger partial charge in [0.1, 0.15) is 11.7 Å². The van der Waals surface area contributed by atoms with Crippen molar-refractivity contribution >= 4 is 23.2 Å². The molecule has 1 aliphatic heterocycles. The van der Waals surface area contributed by atoms with Crippen LogP contribution in [0.25, 0.3) is 0 Å². The van der Waals surface area contributed by atoms with Crippen molar-refractivity contribution in [3.8, 4) is 0 Å². The molecule has 1 aromatic rings. The molecule has 1 unspecified atom stereocenters. The molecule has 0 aliphatic carbocycles. The lowest BCUT2D eigenvalue weighted by Crippen LogP contribution is -2.48. The summed E-state index contributed by atoms with van der Waals surface area (Å²) in [4.78, 5) is 30.1. The number of aromatic nitrogens is 1. The van der Waals surface area contributed by atoms with Crippen molar-refractivity contribution in [2.45, 2.75) is 39.2 Å². The van der Waals surface area contributed by atoms with E-state index in [1.54, 1.807) is 17.2 Å². The van der Waals surface area contributed by atoms with Crippen molar-refractivity contribution in [3.63, 3.8) is 0 Å². The van der Waals surface area contributed by atoms with E-state index in [1.165, 1.54) is 11.3 Å². The van der Waals surface area contributed by atoms with Gasteiger partial charge < -0.3 is 9.64 Å². The highest BCUT2D eigenvalue weighted by Crippen LogP contribution is 2.21. The summed E-state index contributed by atoms with van der Waals surface area (Å²) in [6.45, 7) is 4.57. The first-order chi connectivity index (χ1) is 9.13. The van der Waals surface area contributed by atoms with Gasteiger partial charge in [-0.2, -0.15) is 0 Å². The number of rotatable bonds is 3. The first-order valence-corrected chi connectivity index (χ1v) is 7.41. The molecule has 0 saturated carbocycles. The van der Waals surface area contributed by atoms with Crippen LogP contribution in [0.1, 0.15) is 41.7 Å². The number of carbonyl (C=O) groups excluding carboxylic acids is 2. The largest absolute Gasteiger partial charge is 0.464 e. The molecular formula is C13H18N2O3S. The Hall–Kier alpha value is -1.43. The van der Waals surface area contributed by atoms with Crippen molar-refractivity contribution in [3.05, 3.63) is 16.1 Å². The number of nitrogens with zero attached hydrogens (tertiary/aromatic N) is 2. The molecule has 1 aromatic heterocycles. The molecule has 0 N–H and O–H groups in total. The average Bonchev–Trinajstić information content (AvgIpc) is 2.85. The summed E-state index contributed by atoms with van der Waals surface area (Å²) in [5.41, 5.74) is 0.429. The van der Waals surface area contributed by atoms with Gasteiger partial charge in [0.15, 0.2) is 0 Å². The van der Waals surface area contributed by atoms with E-state index in [1.807, 2.05) is 6.92 Å². The van der Waals surface area contributed by atoms with Gasteiger partial charge >= 0.3 is 5.97 Å². The number of hydrogen-bond donors (Lipinski definition) is 0. The zero-order valence-corrected chi connectivity index (χ0v) is 12.0. The number of amides is 1. The maximum atomic E-state index is 12.4. The normalized spacial score (nSPS) is 19.3. The highest BCUT2D eigenvalue weighted by Gasteiger charge is 2.34. The Morgan fingerprint density at radius 1 is 1.53 bits per heavy atom. The second kappa shape index (κ2) is 6.14. The minimum absolute atomic E-state index is 0.165. The molecule has 0 radical (unpaired) electrons. The lowest BCUT2D eigenvalue weighted by atomic mass is 10.0. The average molecular weight is 282 g/mol. The Kier molecular flexibility index (Phi) is 4.52. The maximum Gasteiger partial charge on any atom is 0.328 e. The van der Waals surface area contributed by atoms with Crippen molar-refractivity contribution < 1.29 is 14.3 Å². The van der Waals surface area contributed by atoms with E-state index in [2.05, 4.69) is 4.98 Å². The topological polar surface area (TPSA) is 59.5 Å². The van der Waals surface area contributed by atoms with E-state index in [4.69, 9.17) is 4.74 Å². The van der Waals surface area contributed by atoms with Crippen LogP contribution < -0.4 is 0 Å². The van der Waals surface area contributed by atoms with Crippen molar-refractivity contribution in [2.24, 2.45) is 0 Å². The summed E-state index contributed by atoms with van der Waals surface area (Å²) in [6, 6.07) is -0.455. The molecule has 1 atom stereocenters. The molecule has 1 saturated heterocycles. The number of thiazole rings is 1. The minimum atomic E-state index is -0.455. The third kappa shape index (κ3) is 3.12. The van der Waals surface area contributed by atoms with E-state index in [-0.39, 0.29) is 11.9 Å². The third-order valence-electron chi connectivity index (χ3n) is 3.16. The van der Waals surface area contributed by atoms with Gasteiger partial charge in [0, 0.05) is 11.9 Å². The Balaban J connectivity index is 2.15. The van der Waals surface area contributed by atoms with Crippen LogP contribution in [0.3, 0.4) is 0 Å². The number of likely N-dealkylation sites (tertiary alicyclic amines) is 1. The zero-order valence-electron chi connectivity index (χ0n) is 11.2. The van der Waals surface area contributed by atoms with Gasteiger partial charge in [0.05, 0.1) is 11.6 Å². The lowest BCUT2D eigenvalue weighted by molar-refractivity contribution is -0.149. The predicted octanol–water partition coefficient (Wildman–Crippen LogP) is 2.01. The molecule has 1 fully saturated rings. The van der Waals surface area contributed by atoms with Gasteiger partial charge in [-0.25, -0.2) is 9.78 Å². The number of ether oxygens (including phenoxy) is 1. The summed E-state index contributed by atoms with van der Waals surface area (Å²) in [5.74, 6) is -0.468. The van der Waals surface area contributed by atoms with Crippen LogP contribution in [-0.4, -0.2) is 41.0 Å². The first kappa shape index (κ1) is 14.0. The van der Waals surface area contributed by atoms with Gasteiger partial charge in [-0.05, 0) is 33.1 Å². The molecule has 2 rings (SSSR count). The van der Waals surface area contributed by atoms with Crippen LogP contribution in [0, 0.1) is 6.92 Å². The second-order valence-corrected chi connectivity index (χ2v) is 5.58. The SMILES string of the molecule is CCOC(=O)C1CCCCN1C(=O)c1csc(C)n1. The molecule has 5 nitrogen and oxygen atoms in total. The first-order valence-electron chi connectivity index (χ1n) is 6.53. The van der Waals surface area contributed by atoms with Crippen molar-refractivity contribution in [1.29, 1.82) is 0 Å². The van der Waals surface area contributed by atoms with Gasteiger partial charge in [0.25, 0.3) is 5.91 Å².